The van der Waals surface area contributed by atoms with Crippen LogP contribution in [0.15, 0.2) is 10.7 Å². The first-order valence-corrected chi connectivity index (χ1v) is 5.54. The number of nitrogens with zero attached hydrogens (tertiary/aromatic N) is 2. The van der Waals surface area contributed by atoms with Crippen LogP contribution in [0.4, 0.5) is 10.4 Å². The van der Waals surface area contributed by atoms with Crippen LogP contribution in [0.3, 0.4) is 0 Å². The van der Waals surface area contributed by atoms with E-state index in [-0.39, 0.29) is 6.15 Å². The number of hydrogen-bond donors (Lipinski definition) is 0. The summed E-state index contributed by atoms with van der Waals surface area (Å²) < 4.78 is 18.2. The van der Waals surface area contributed by atoms with Crippen molar-refractivity contribution in [2.45, 2.75) is 32.4 Å². The summed E-state index contributed by atoms with van der Waals surface area (Å²) in [6.45, 7) is 3.46. The van der Waals surface area contributed by atoms with E-state index in [9.17, 15) is 4.39 Å². The Morgan fingerprint density at radius 3 is 2.59 bits per heavy atom. The number of carbonyl (C=O) groups excluding carboxylic acids is 2. The van der Waals surface area contributed by atoms with Gasteiger partial charge in [0.05, 0.1) is 5.69 Å². The van der Waals surface area contributed by atoms with E-state index >= 15 is 0 Å². The maximum Gasteiger partial charge on any atom is 0.373 e. The van der Waals surface area contributed by atoms with E-state index in [2.05, 4.69) is 4.98 Å². The highest BCUT2D eigenvalue weighted by atomic mass is 19.1. The molecular formula is C11H15FN2O3. The van der Waals surface area contributed by atoms with Crippen LogP contribution in [-0.4, -0.2) is 30.4 Å². The van der Waals surface area contributed by atoms with Gasteiger partial charge < -0.3 is 9.32 Å². The Labute approximate surface area is 98.6 Å². The Kier molecular flexibility index (Phi) is 5.36. The number of aromatic nitrogens is 1. The Morgan fingerprint density at radius 1 is 1.53 bits per heavy atom. The van der Waals surface area contributed by atoms with Gasteiger partial charge in [0, 0.05) is 13.1 Å². The second-order valence-electron chi connectivity index (χ2n) is 3.72. The molecule has 0 atom stereocenters. The van der Waals surface area contributed by atoms with Gasteiger partial charge in [-0.1, -0.05) is 6.92 Å². The summed E-state index contributed by atoms with van der Waals surface area (Å²) in [6, 6.07) is 0.647. The molecule has 0 saturated carbocycles. The third kappa shape index (κ3) is 4.00. The first-order chi connectivity index (χ1) is 8.21. The quantitative estimate of drug-likeness (QED) is 0.788. The van der Waals surface area contributed by atoms with Crippen LogP contribution >= 0.6 is 0 Å². The molecule has 1 aromatic rings. The number of aryl methyl sites for hydroxylation is 1. The molecule has 0 radical (unpaired) electrons. The Balaban J connectivity index is 0.000000437. The van der Waals surface area contributed by atoms with E-state index in [1.807, 2.05) is 11.8 Å². The molecule has 1 aliphatic rings. The van der Waals surface area contributed by atoms with Crippen LogP contribution in [0.25, 0.3) is 0 Å². The van der Waals surface area contributed by atoms with Crippen LogP contribution in [0, 0.1) is 0 Å². The maximum absolute atomic E-state index is 12.9. The van der Waals surface area contributed by atoms with Gasteiger partial charge in [-0.15, -0.1) is 0 Å². The van der Waals surface area contributed by atoms with Crippen molar-refractivity contribution in [3.8, 4) is 0 Å². The fraction of sp³-hybridized carbons (Fsp3) is 0.636. The summed E-state index contributed by atoms with van der Waals surface area (Å²) in [7, 11) is 0. The first-order valence-electron chi connectivity index (χ1n) is 5.54. The minimum atomic E-state index is -0.646. The summed E-state index contributed by atoms with van der Waals surface area (Å²) in [6.07, 6.45) is 3.33. The lowest BCUT2D eigenvalue weighted by atomic mass is 10.1. The highest BCUT2D eigenvalue weighted by Crippen LogP contribution is 2.20. The third-order valence-corrected chi connectivity index (χ3v) is 2.60. The predicted octanol–water partition coefficient (Wildman–Crippen LogP) is 1.59. The molecule has 0 N–H and O–H groups in total. The summed E-state index contributed by atoms with van der Waals surface area (Å²) in [5, 5.41) is 0. The van der Waals surface area contributed by atoms with Crippen LogP contribution in [0.1, 0.15) is 25.5 Å². The molecule has 0 unspecified atom stereocenters. The number of halogens is 1. The molecular weight excluding hydrogens is 227 g/mol. The van der Waals surface area contributed by atoms with Crippen molar-refractivity contribution in [2.24, 2.45) is 0 Å². The van der Waals surface area contributed by atoms with Crippen molar-refractivity contribution in [3.63, 3.8) is 0 Å². The average molecular weight is 242 g/mol. The van der Waals surface area contributed by atoms with Crippen LogP contribution < -0.4 is 4.90 Å². The van der Waals surface area contributed by atoms with Gasteiger partial charge >= 0.3 is 6.15 Å². The molecule has 6 heteroatoms. The molecule has 1 saturated heterocycles. The third-order valence-electron chi connectivity index (χ3n) is 2.60. The number of oxazole rings is 1. The lowest BCUT2D eigenvalue weighted by Crippen LogP contribution is -2.34. The summed E-state index contributed by atoms with van der Waals surface area (Å²) >= 11 is 0. The second kappa shape index (κ2) is 6.81. The molecule has 2 heterocycles. The number of rotatable bonds is 2. The normalized spacial score (nSPS) is 16.0. The monoisotopic (exact) mass is 242 g/mol. The fourth-order valence-corrected chi connectivity index (χ4v) is 1.64. The molecule has 17 heavy (non-hydrogen) atoms. The van der Waals surface area contributed by atoms with Gasteiger partial charge in [0.1, 0.15) is 12.4 Å². The molecule has 1 fully saturated rings. The summed E-state index contributed by atoms with van der Waals surface area (Å²) in [5.74, 6) is 0. The van der Waals surface area contributed by atoms with Crippen LogP contribution in [-0.2, 0) is 16.0 Å². The van der Waals surface area contributed by atoms with Crippen molar-refractivity contribution < 1.29 is 18.4 Å². The molecule has 1 aromatic heterocycles. The standard InChI is InChI=1S/C10H15FN2O.CO2/c1-2-9-7-14-10(12-9)13-5-3-8(11)4-6-13;2-1-3/h7-8H,2-6H2,1H3;. The number of alkyl halides is 1. The van der Waals surface area contributed by atoms with E-state index in [4.69, 9.17) is 14.0 Å². The van der Waals surface area contributed by atoms with Crippen LogP contribution in [0.2, 0.25) is 0 Å². The van der Waals surface area contributed by atoms with Crippen molar-refractivity contribution >= 4 is 12.2 Å². The Morgan fingerprint density at radius 2 is 2.12 bits per heavy atom. The molecule has 0 spiro atoms. The second-order valence-corrected chi connectivity index (χ2v) is 3.72. The maximum atomic E-state index is 12.9. The van der Waals surface area contributed by atoms with Crippen molar-refractivity contribution in [2.75, 3.05) is 18.0 Å². The van der Waals surface area contributed by atoms with Crippen molar-refractivity contribution in [1.82, 2.24) is 4.98 Å². The molecule has 0 aliphatic carbocycles. The number of piperidine rings is 1. The van der Waals surface area contributed by atoms with Gasteiger partial charge in [-0.2, -0.15) is 14.6 Å². The summed E-state index contributed by atoms with van der Waals surface area (Å²) in [5.41, 5.74) is 0.961. The molecule has 0 aromatic carbocycles. The van der Waals surface area contributed by atoms with E-state index < -0.39 is 6.17 Å². The molecule has 0 amide bonds. The predicted molar refractivity (Wildman–Crippen MR) is 57.2 cm³/mol. The first kappa shape index (κ1) is 13.4. The van der Waals surface area contributed by atoms with E-state index in [1.54, 1.807) is 6.26 Å². The van der Waals surface area contributed by atoms with E-state index in [0.29, 0.717) is 31.9 Å². The fourth-order valence-electron chi connectivity index (χ4n) is 1.64. The molecule has 1 aliphatic heterocycles. The van der Waals surface area contributed by atoms with Crippen molar-refractivity contribution in [1.29, 1.82) is 0 Å². The average Bonchev–Trinajstić information content (AvgIpc) is 2.80. The topological polar surface area (TPSA) is 63.4 Å². The SMILES string of the molecule is CCc1coc(N2CCC(F)CC2)n1.O=C=O. The van der Waals surface area contributed by atoms with E-state index in [1.165, 1.54) is 0 Å². The lowest BCUT2D eigenvalue weighted by Gasteiger charge is -2.26. The highest BCUT2D eigenvalue weighted by Gasteiger charge is 2.21. The smallest absolute Gasteiger partial charge is 0.373 e. The largest absolute Gasteiger partial charge is 0.432 e. The molecule has 2 rings (SSSR count). The summed E-state index contributed by atoms with van der Waals surface area (Å²) in [4.78, 5) is 22.6. The van der Waals surface area contributed by atoms with Gasteiger partial charge in [0.25, 0.3) is 6.01 Å². The lowest BCUT2D eigenvalue weighted by molar-refractivity contribution is -0.191. The number of anilines is 1. The van der Waals surface area contributed by atoms with Gasteiger partial charge in [-0.05, 0) is 19.3 Å². The molecule has 0 bridgehead atoms. The molecule has 5 nitrogen and oxygen atoms in total. The van der Waals surface area contributed by atoms with Crippen molar-refractivity contribution in [3.05, 3.63) is 12.0 Å². The minimum absolute atomic E-state index is 0.250. The van der Waals surface area contributed by atoms with Gasteiger partial charge in [0.2, 0.25) is 0 Å². The zero-order valence-electron chi connectivity index (χ0n) is 9.69. The van der Waals surface area contributed by atoms with E-state index in [0.717, 1.165) is 12.1 Å². The Bertz CT molecular complexity index is 367. The zero-order chi connectivity index (χ0) is 12.7. The highest BCUT2D eigenvalue weighted by molar-refractivity contribution is 5.27. The van der Waals surface area contributed by atoms with Gasteiger partial charge in [-0.3, -0.25) is 0 Å². The number of hydrogen-bond acceptors (Lipinski definition) is 5. The van der Waals surface area contributed by atoms with Gasteiger partial charge in [0.15, 0.2) is 0 Å². The minimum Gasteiger partial charge on any atom is -0.432 e. The molecule has 94 valence electrons. The zero-order valence-corrected chi connectivity index (χ0v) is 9.69. The van der Waals surface area contributed by atoms with Gasteiger partial charge in [-0.25, -0.2) is 4.39 Å². The van der Waals surface area contributed by atoms with Crippen LogP contribution in [0.5, 0.6) is 0 Å². The Hall–Kier alpha value is -1.68.